The van der Waals surface area contributed by atoms with E-state index in [1.54, 1.807) is 0 Å². The van der Waals surface area contributed by atoms with Crippen molar-refractivity contribution in [2.45, 2.75) is 31.3 Å². The van der Waals surface area contributed by atoms with E-state index in [0.29, 0.717) is 0 Å². The lowest BCUT2D eigenvalue weighted by Crippen LogP contribution is -2.53. The summed E-state index contributed by atoms with van der Waals surface area (Å²) in [4.78, 5) is 21.2. The van der Waals surface area contributed by atoms with E-state index in [9.17, 15) is 19.8 Å². The highest BCUT2D eigenvalue weighted by Crippen LogP contribution is 2.03. The molecule has 88 valence electrons. The summed E-state index contributed by atoms with van der Waals surface area (Å²) in [6.07, 6.45) is -6.30. The van der Waals surface area contributed by atoms with E-state index >= 15 is 0 Å². The van der Waals surface area contributed by atoms with Crippen LogP contribution >= 0.6 is 0 Å². The van der Waals surface area contributed by atoms with Gasteiger partial charge in [0.1, 0.15) is 30.6 Å². The van der Waals surface area contributed by atoms with Gasteiger partial charge in [-0.1, -0.05) is 0 Å². The predicted octanol–water partition coefficient (Wildman–Crippen LogP) is -3.23. The van der Waals surface area contributed by atoms with Crippen LogP contribution in [0.15, 0.2) is 0 Å². The lowest BCUT2D eigenvalue weighted by atomic mass is 10.0. The minimum Gasteiger partial charge on any atom is -0.394 e. The molecule has 7 heteroatoms. The van der Waals surface area contributed by atoms with Crippen LogP contribution in [0.1, 0.15) is 9.67 Å². The summed E-state index contributed by atoms with van der Waals surface area (Å²) in [7, 11) is 0. The standard InChI is InChI=1S/C8H15NO6/c1-4(12)9-5(2-10)7(14)8(15)6(13)3-11/h2,5-8,11,13-15H,3H2,1H3,(H,9,12)/t5-,6-,7-,8-/m1/s1/i3T2. The Balaban J connectivity index is 4.71. The van der Waals surface area contributed by atoms with Crippen molar-refractivity contribution in [1.29, 1.82) is 0 Å². The van der Waals surface area contributed by atoms with Gasteiger partial charge in [-0.2, -0.15) is 0 Å². The lowest BCUT2D eigenvalue weighted by Gasteiger charge is -2.25. The monoisotopic (exact) mass is 225 g/mol. The third kappa shape index (κ3) is 4.34. The number of carbonyl (C=O) groups is 2. The van der Waals surface area contributed by atoms with Gasteiger partial charge in [-0.15, -0.1) is 0 Å². The number of hydrogen-bond donors (Lipinski definition) is 5. The molecule has 4 atom stereocenters. The van der Waals surface area contributed by atoms with Gasteiger partial charge in [-0.05, 0) is 0 Å². The minimum absolute atomic E-state index is 0.120. The molecule has 0 unspecified atom stereocenters. The van der Waals surface area contributed by atoms with Crippen LogP contribution in [0, 0.1) is 0 Å². The Hall–Kier alpha value is -1.02. The van der Waals surface area contributed by atoms with Gasteiger partial charge >= 0.3 is 0 Å². The molecule has 0 saturated heterocycles. The first kappa shape index (κ1) is 10.5. The molecule has 0 aliphatic rings. The molecule has 0 heterocycles. The Morgan fingerprint density at radius 3 is 2.33 bits per heavy atom. The van der Waals surface area contributed by atoms with Crippen molar-refractivity contribution < 1.29 is 32.8 Å². The van der Waals surface area contributed by atoms with Gasteiger partial charge in [0.05, 0.1) is 9.30 Å². The maximum absolute atomic E-state index is 10.7. The SMILES string of the molecule is [3H]C([3H])(O)[C@@H](O)[C@@H](O)[C@H](O)[C@@H](C=O)NC(C)=O. The van der Waals surface area contributed by atoms with Gasteiger partial charge in [0.25, 0.3) is 0 Å². The summed E-state index contributed by atoms with van der Waals surface area (Å²) in [6, 6.07) is -1.51. The zero-order valence-corrected chi connectivity index (χ0v) is 7.99. The summed E-state index contributed by atoms with van der Waals surface area (Å²) >= 11 is 0. The topological polar surface area (TPSA) is 127 Å². The number of aldehydes is 1. The Kier molecular flexibility index (Phi) is 4.52. The average molecular weight is 225 g/mol. The molecule has 0 spiro atoms. The zero-order chi connectivity index (χ0) is 13.8. The summed E-state index contributed by atoms with van der Waals surface area (Å²) < 4.78 is 13.5. The largest absolute Gasteiger partial charge is 0.394 e. The van der Waals surface area contributed by atoms with Gasteiger partial charge in [0, 0.05) is 6.92 Å². The fourth-order valence-corrected chi connectivity index (χ4v) is 0.910. The average Bonchev–Trinajstić information content (AvgIpc) is 2.21. The lowest BCUT2D eigenvalue weighted by molar-refractivity contribution is -0.129. The summed E-state index contributed by atoms with van der Waals surface area (Å²) in [6.45, 7) is -2.08. The van der Waals surface area contributed by atoms with E-state index in [-0.39, 0.29) is 6.29 Å². The maximum atomic E-state index is 10.7. The number of rotatable bonds is 6. The Bertz CT molecular complexity index is 282. The van der Waals surface area contributed by atoms with Crippen LogP contribution in [0.5, 0.6) is 0 Å². The zero-order valence-electron chi connectivity index (χ0n) is 9.99. The van der Waals surface area contributed by atoms with Gasteiger partial charge in [-0.3, -0.25) is 4.79 Å². The molecule has 0 aromatic carbocycles. The van der Waals surface area contributed by atoms with Crippen LogP contribution in [0.25, 0.3) is 0 Å². The van der Waals surface area contributed by atoms with Crippen LogP contribution in [0.4, 0.5) is 0 Å². The quantitative estimate of drug-likeness (QED) is 0.302. The van der Waals surface area contributed by atoms with E-state index in [0.717, 1.165) is 6.92 Å². The molecular weight excluding hydrogens is 206 g/mol. The van der Waals surface area contributed by atoms with Gasteiger partial charge in [0.15, 0.2) is 0 Å². The number of nitrogens with one attached hydrogen (secondary N) is 1. The van der Waals surface area contributed by atoms with E-state index in [1.165, 1.54) is 0 Å². The summed E-state index contributed by atoms with van der Waals surface area (Å²) in [5.41, 5.74) is 0. The predicted molar refractivity (Wildman–Crippen MR) is 48.8 cm³/mol. The van der Waals surface area contributed by atoms with Crippen LogP contribution in [0.3, 0.4) is 0 Å². The molecule has 1 amide bonds. The van der Waals surface area contributed by atoms with Crippen molar-refractivity contribution in [2.24, 2.45) is 0 Å². The second-order valence-electron chi connectivity index (χ2n) is 2.92. The van der Waals surface area contributed by atoms with Crippen molar-refractivity contribution in [3.8, 4) is 0 Å². The molecule has 15 heavy (non-hydrogen) atoms. The molecule has 0 aromatic heterocycles. The highest BCUT2D eigenvalue weighted by atomic mass is 16.4. The van der Waals surface area contributed by atoms with Crippen LogP contribution in [-0.4, -0.2) is 63.5 Å². The van der Waals surface area contributed by atoms with Crippen molar-refractivity contribution in [3.05, 3.63) is 0 Å². The summed E-state index contributed by atoms with van der Waals surface area (Å²) in [5, 5.41) is 38.7. The van der Waals surface area contributed by atoms with Gasteiger partial charge in [0.2, 0.25) is 5.91 Å². The fourth-order valence-electron chi connectivity index (χ4n) is 0.910. The minimum atomic E-state index is -3.15. The maximum Gasteiger partial charge on any atom is 0.217 e. The number of carbonyl (C=O) groups excluding carboxylic acids is 2. The molecule has 7 nitrogen and oxygen atoms in total. The molecule has 0 rings (SSSR count). The van der Waals surface area contributed by atoms with Crippen LogP contribution < -0.4 is 5.32 Å². The van der Waals surface area contributed by atoms with E-state index in [1.807, 2.05) is 5.32 Å². The van der Waals surface area contributed by atoms with Crippen molar-refractivity contribution in [2.75, 3.05) is 6.56 Å². The van der Waals surface area contributed by atoms with Gasteiger partial charge in [-0.25, -0.2) is 0 Å². The molecule has 0 radical (unpaired) electrons. The molecule has 0 bridgehead atoms. The van der Waals surface area contributed by atoms with Crippen molar-refractivity contribution >= 4 is 12.2 Å². The normalized spacial score (nSPS) is 21.7. The smallest absolute Gasteiger partial charge is 0.217 e. The fraction of sp³-hybridized carbons (Fsp3) is 0.750. The Morgan fingerprint density at radius 2 is 2.00 bits per heavy atom. The molecule has 0 fully saturated rings. The number of hydrogen-bond acceptors (Lipinski definition) is 6. The first-order valence-corrected chi connectivity index (χ1v) is 4.10. The number of amides is 1. The molecular formula is C8H15NO6. The van der Waals surface area contributed by atoms with Gasteiger partial charge < -0.3 is 30.5 Å². The second kappa shape index (κ2) is 6.46. The van der Waals surface area contributed by atoms with Crippen molar-refractivity contribution in [1.82, 2.24) is 5.32 Å². The number of aliphatic hydroxyl groups is 4. The highest BCUT2D eigenvalue weighted by molar-refractivity contribution is 5.77. The van der Waals surface area contributed by atoms with Crippen LogP contribution in [-0.2, 0) is 9.59 Å². The molecule has 0 saturated carbocycles. The Morgan fingerprint density at radius 1 is 1.47 bits per heavy atom. The highest BCUT2D eigenvalue weighted by Gasteiger charge is 2.31. The Labute approximate surface area is 89.2 Å². The molecule has 0 aromatic rings. The van der Waals surface area contributed by atoms with E-state index in [2.05, 4.69) is 0 Å². The second-order valence-corrected chi connectivity index (χ2v) is 2.92. The molecule has 0 aliphatic carbocycles. The third-order valence-corrected chi connectivity index (χ3v) is 1.69. The van der Waals surface area contributed by atoms with E-state index < -0.39 is 36.8 Å². The molecule has 5 N–H and O–H groups in total. The summed E-state index contributed by atoms with van der Waals surface area (Å²) in [5.74, 6) is -0.658. The first-order valence-electron chi connectivity index (χ1n) is 5.10. The number of aliphatic hydroxyl groups excluding tert-OH is 3. The van der Waals surface area contributed by atoms with Crippen LogP contribution in [0.2, 0.25) is 0 Å². The molecule has 0 aliphatic heterocycles. The third-order valence-electron chi connectivity index (χ3n) is 1.69. The first-order chi connectivity index (χ1) is 7.61. The van der Waals surface area contributed by atoms with E-state index in [4.69, 9.17) is 13.0 Å². The van der Waals surface area contributed by atoms with Crippen molar-refractivity contribution in [3.63, 3.8) is 0 Å².